The molecular formula is C14H6F3N5O5. The fourth-order valence-electron chi connectivity index (χ4n) is 2.19. The topological polar surface area (TPSA) is 137 Å². The SMILES string of the molecule is O=[N+]([O-])c1cc([N+](=O)[O-])c2c(N=Nc3cccc(C(F)(F)F)c3)noc2c1. The molecule has 0 unspecified atom stereocenters. The van der Waals surface area contributed by atoms with Gasteiger partial charge in [0.1, 0.15) is 5.39 Å². The van der Waals surface area contributed by atoms with Crippen molar-refractivity contribution in [3.63, 3.8) is 0 Å². The van der Waals surface area contributed by atoms with Gasteiger partial charge in [0, 0.05) is 0 Å². The van der Waals surface area contributed by atoms with Crippen molar-refractivity contribution in [1.29, 1.82) is 0 Å². The molecule has 2 aromatic carbocycles. The van der Waals surface area contributed by atoms with Gasteiger partial charge in [0.15, 0.2) is 5.58 Å². The van der Waals surface area contributed by atoms with Crippen molar-refractivity contribution in [2.45, 2.75) is 6.18 Å². The maximum atomic E-state index is 12.7. The Morgan fingerprint density at radius 1 is 1.04 bits per heavy atom. The summed E-state index contributed by atoms with van der Waals surface area (Å²) < 4.78 is 42.9. The number of nitrogens with zero attached hydrogens (tertiary/aromatic N) is 5. The molecule has 0 radical (unpaired) electrons. The largest absolute Gasteiger partial charge is 0.416 e. The molecule has 0 aliphatic heterocycles. The molecule has 1 aromatic heterocycles. The zero-order valence-electron chi connectivity index (χ0n) is 12.9. The Morgan fingerprint density at radius 3 is 2.41 bits per heavy atom. The van der Waals surface area contributed by atoms with E-state index in [0.717, 1.165) is 24.3 Å². The third-order valence-electron chi connectivity index (χ3n) is 3.36. The highest BCUT2D eigenvalue weighted by Crippen LogP contribution is 2.38. The molecular weight excluding hydrogens is 375 g/mol. The third-order valence-corrected chi connectivity index (χ3v) is 3.36. The van der Waals surface area contributed by atoms with Crippen LogP contribution in [0.1, 0.15) is 5.56 Å². The number of fused-ring (bicyclic) bond motifs is 1. The Morgan fingerprint density at radius 2 is 1.78 bits per heavy atom. The summed E-state index contributed by atoms with van der Waals surface area (Å²) in [6.07, 6.45) is -4.58. The number of aromatic nitrogens is 1. The fraction of sp³-hybridized carbons (Fsp3) is 0.0714. The molecule has 0 bridgehead atoms. The summed E-state index contributed by atoms with van der Waals surface area (Å²) in [5, 5.41) is 32.4. The van der Waals surface area contributed by atoms with Crippen molar-refractivity contribution < 1.29 is 27.5 Å². The van der Waals surface area contributed by atoms with Crippen molar-refractivity contribution in [2.24, 2.45) is 10.2 Å². The first-order valence-corrected chi connectivity index (χ1v) is 6.98. The van der Waals surface area contributed by atoms with Crippen molar-refractivity contribution in [3.05, 3.63) is 62.2 Å². The Labute approximate surface area is 146 Å². The quantitative estimate of drug-likeness (QED) is 0.351. The van der Waals surface area contributed by atoms with Crippen LogP contribution in [0.3, 0.4) is 0 Å². The predicted octanol–water partition coefficient (Wildman–Crippen LogP) is 5.08. The molecule has 0 fully saturated rings. The molecule has 27 heavy (non-hydrogen) atoms. The van der Waals surface area contributed by atoms with Gasteiger partial charge in [0.05, 0.1) is 33.2 Å². The van der Waals surface area contributed by atoms with E-state index < -0.39 is 38.8 Å². The standard InChI is InChI=1S/C14H6F3N5O5/c15-14(16,17)7-2-1-3-8(4-7)18-19-13-12-10(22(25)26)5-9(21(23)24)6-11(12)27-20-13/h1-6H. The van der Waals surface area contributed by atoms with Crippen LogP contribution in [-0.2, 0) is 6.18 Å². The second-order valence-electron chi connectivity index (χ2n) is 5.11. The summed E-state index contributed by atoms with van der Waals surface area (Å²) in [4.78, 5) is 20.3. The molecule has 13 heteroatoms. The van der Waals surface area contributed by atoms with Crippen molar-refractivity contribution >= 4 is 33.8 Å². The van der Waals surface area contributed by atoms with Gasteiger partial charge in [-0.3, -0.25) is 20.2 Å². The molecule has 138 valence electrons. The second kappa shape index (κ2) is 6.44. The normalized spacial score (nSPS) is 12.0. The Balaban J connectivity index is 2.07. The van der Waals surface area contributed by atoms with Gasteiger partial charge in [-0.1, -0.05) is 11.2 Å². The zero-order valence-corrected chi connectivity index (χ0v) is 12.9. The van der Waals surface area contributed by atoms with E-state index in [4.69, 9.17) is 4.52 Å². The summed E-state index contributed by atoms with van der Waals surface area (Å²) >= 11 is 0. The molecule has 0 atom stereocenters. The molecule has 3 rings (SSSR count). The highest BCUT2D eigenvalue weighted by atomic mass is 19.4. The van der Waals surface area contributed by atoms with Crippen LogP contribution >= 0.6 is 0 Å². The van der Waals surface area contributed by atoms with Crippen molar-refractivity contribution in [2.75, 3.05) is 0 Å². The predicted molar refractivity (Wildman–Crippen MR) is 82.9 cm³/mol. The van der Waals surface area contributed by atoms with Crippen molar-refractivity contribution in [1.82, 2.24) is 5.16 Å². The highest BCUT2D eigenvalue weighted by molar-refractivity contribution is 5.96. The fourth-order valence-corrected chi connectivity index (χ4v) is 2.19. The summed E-state index contributed by atoms with van der Waals surface area (Å²) in [6, 6.07) is 5.53. The lowest BCUT2D eigenvalue weighted by atomic mass is 10.2. The maximum Gasteiger partial charge on any atom is 0.416 e. The number of nitro benzene ring substituents is 2. The first-order valence-electron chi connectivity index (χ1n) is 6.98. The van der Waals surface area contributed by atoms with Crippen LogP contribution in [0.5, 0.6) is 0 Å². The average Bonchev–Trinajstić information content (AvgIpc) is 3.01. The van der Waals surface area contributed by atoms with E-state index in [2.05, 4.69) is 15.4 Å². The van der Waals surface area contributed by atoms with Crippen LogP contribution in [0.15, 0.2) is 51.1 Å². The monoisotopic (exact) mass is 381 g/mol. The molecule has 3 aromatic rings. The van der Waals surface area contributed by atoms with Gasteiger partial charge in [0.25, 0.3) is 11.4 Å². The van der Waals surface area contributed by atoms with E-state index >= 15 is 0 Å². The van der Waals surface area contributed by atoms with E-state index in [1.54, 1.807) is 0 Å². The molecule has 0 N–H and O–H groups in total. The van der Waals surface area contributed by atoms with E-state index in [9.17, 15) is 33.4 Å². The van der Waals surface area contributed by atoms with Gasteiger partial charge in [-0.2, -0.15) is 13.2 Å². The van der Waals surface area contributed by atoms with Crippen molar-refractivity contribution in [3.8, 4) is 0 Å². The number of rotatable bonds is 4. The minimum absolute atomic E-state index is 0.175. The molecule has 0 aliphatic carbocycles. The number of halogens is 3. The number of azo groups is 1. The van der Waals surface area contributed by atoms with Crippen LogP contribution in [0.2, 0.25) is 0 Å². The Kier molecular flexibility index (Phi) is 4.27. The van der Waals surface area contributed by atoms with E-state index in [1.165, 1.54) is 6.07 Å². The summed E-state index contributed by atoms with van der Waals surface area (Å²) in [6.45, 7) is 0. The minimum Gasteiger partial charge on any atom is -0.353 e. The lowest BCUT2D eigenvalue weighted by molar-refractivity contribution is -0.393. The van der Waals surface area contributed by atoms with Crippen LogP contribution < -0.4 is 0 Å². The van der Waals surface area contributed by atoms with E-state index in [-0.39, 0.29) is 16.7 Å². The summed E-state index contributed by atoms with van der Waals surface area (Å²) in [5.74, 6) is -0.399. The van der Waals surface area contributed by atoms with Gasteiger partial charge in [-0.05, 0) is 18.2 Å². The van der Waals surface area contributed by atoms with Gasteiger partial charge in [-0.25, -0.2) is 0 Å². The maximum absolute atomic E-state index is 12.7. The highest BCUT2D eigenvalue weighted by Gasteiger charge is 2.30. The number of non-ortho nitro benzene ring substituents is 2. The molecule has 1 heterocycles. The first-order chi connectivity index (χ1) is 12.7. The van der Waals surface area contributed by atoms with Crippen LogP contribution in [0, 0.1) is 20.2 Å². The Bertz CT molecular complexity index is 1090. The Hall–Kier alpha value is -3.90. The van der Waals surface area contributed by atoms with Gasteiger partial charge in [-0.15, -0.1) is 10.2 Å². The molecule has 10 nitrogen and oxygen atoms in total. The molecule has 0 amide bonds. The first kappa shape index (κ1) is 17.9. The van der Waals surface area contributed by atoms with Gasteiger partial charge >= 0.3 is 6.18 Å². The van der Waals surface area contributed by atoms with Crippen LogP contribution in [0.25, 0.3) is 11.0 Å². The molecule has 0 saturated heterocycles. The number of hydrogen-bond donors (Lipinski definition) is 0. The number of alkyl halides is 3. The number of benzene rings is 2. The molecule has 0 saturated carbocycles. The lowest BCUT2D eigenvalue weighted by Crippen LogP contribution is -2.03. The van der Waals surface area contributed by atoms with Crippen LogP contribution in [0.4, 0.5) is 36.1 Å². The smallest absolute Gasteiger partial charge is 0.353 e. The van der Waals surface area contributed by atoms with Gasteiger partial charge < -0.3 is 4.52 Å². The average molecular weight is 381 g/mol. The molecule has 0 spiro atoms. The third kappa shape index (κ3) is 3.56. The molecule has 0 aliphatic rings. The zero-order chi connectivity index (χ0) is 19.8. The number of hydrogen-bond acceptors (Lipinski definition) is 8. The van der Waals surface area contributed by atoms with E-state index in [1.807, 2.05) is 0 Å². The van der Waals surface area contributed by atoms with E-state index in [0.29, 0.717) is 6.07 Å². The summed E-state index contributed by atoms with van der Waals surface area (Å²) in [5.41, 5.74) is -2.70. The summed E-state index contributed by atoms with van der Waals surface area (Å²) in [7, 11) is 0. The second-order valence-corrected chi connectivity index (χ2v) is 5.11. The lowest BCUT2D eigenvalue weighted by Gasteiger charge is -2.05. The van der Waals surface area contributed by atoms with Gasteiger partial charge in [0.2, 0.25) is 5.82 Å². The van der Waals surface area contributed by atoms with Crippen LogP contribution in [-0.4, -0.2) is 15.0 Å². The minimum atomic E-state index is -4.58. The number of nitro groups is 2.